The molecule has 0 aliphatic rings. The lowest BCUT2D eigenvalue weighted by Gasteiger charge is -2.24. The van der Waals surface area contributed by atoms with Gasteiger partial charge in [-0.1, -0.05) is 0 Å². The molecule has 0 amide bonds. The summed E-state index contributed by atoms with van der Waals surface area (Å²) in [5.41, 5.74) is 1.24. The number of rotatable bonds is 5. The molecule has 92 valence electrons. The molecule has 0 spiro atoms. The van der Waals surface area contributed by atoms with Crippen molar-refractivity contribution in [2.45, 2.75) is 39.4 Å². The van der Waals surface area contributed by atoms with Crippen LogP contribution in [0.25, 0.3) is 0 Å². The molecule has 0 fully saturated rings. The smallest absolute Gasteiger partial charge is 0.112 e. The van der Waals surface area contributed by atoms with Crippen molar-refractivity contribution in [3.8, 4) is 0 Å². The van der Waals surface area contributed by atoms with Crippen LogP contribution in [0.15, 0.2) is 29.9 Å². The maximum atomic E-state index is 4.38. The topological polar surface area (TPSA) is 29.9 Å². The average molecular weight is 249 g/mol. The second kappa shape index (κ2) is 5.02. The molecule has 3 nitrogen and oxygen atoms in total. The van der Waals surface area contributed by atoms with Crippen LogP contribution in [-0.2, 0) is 18.6 Å². The summed E-state index contributed by atoms with van der Waals surface area (Å²) < 4.78 is 2.25. The molecule has 1 N–H and O–H groups in total. The molecule has 2 rings (SSSR count). The Balaban J connectivity index is 2.03. The van der Waals surface area contributed by atoms with Gasteiger partial charge in [0.15, 0.2) is 0 Å². The van der Waals surface area contributed by atoms with Gasteiger partial charge < -0.3 is 9.88 Å². The summed E-state index contributed by atoms with van der Waals surface area (Å²) in [7, 11) is 0. The van der Waals surface area contributed by atoms with E-state index in [-0.39, 0.29) is 5.54 Å². The molecule has 0 saturated heterocycles. The third-order valence-electron chi connectivity index (χ3n) is 2.94. The van der Waals surface area contributed by atoms with Crippen LogP contribution in [0.1, 0.15) is 31.5 Å². The number of nitrogens with one attached hydrogen (secondary N) is 1. The summed E-state index contributed by atoms with van der Waals surface area (Å²) in [4.78, 5) is 4.38. The summed E-state index contributed by atoms with van der Waals surface area (Å²) in [6.45, 7) is 8.39. The maximum absolute atomic E-state index is 4.38. The number of hydrogen-bond donors (Lipinski definition) is 1. The molecule has 2 aromatic rings. The predicted molar refractivity (Wildman–Crippen MR) is 72.1 cm³/mol. The van der Waals surface area contributed by atoms with E-state index in [1.807, 2.05) is 11.6 Å². The summed E-state index contributed by atoms with van der Waals surface area (Å²) in [5.74, 6) is 0. The zero-order valence-electron chi connectivity index (χ0n) is 10.6. The second-order valence-electron chi connectivity index (χ2n) is 4.60. The Labute approximate surface area is 107 Å². The van der Waals surface area contributed by atoms with Gasteiger partial charge in [-0.2, -0.15) is 0 Å². The highest BCUT2D eigenvalue weighted by Crippen LogP contribution is 2.22. The Kier molecular flexibility index (Phi) is 3.64. The third kappa shape index (κ3) is 2.76. The number of aromatic nitrogens is 2. The van der Waals surface area contributed by atoms with E-state index >= 15 is 0 Å². The summed E-state index contributed by atoms with van der Waals surface area (Å²) in [6, 6.07) is 4.26. The molecule has 17 heavy (non-hydrogen) atoms. The SMILES string of the molecule is CCn1cccc1CNC(C)(C)c1nccs1. The fraction of sp³-hybridized carbons (Fsp3) is 0.462. The van der Waals surface area contributed by atoms with Crippen molar-refractivity contribution in [3.63, 3.8) is 0 Å². The highest BCUT2D eigenvalue weighted by Gasteiger charge is 2.22. The molecular formula is C13H19N3S. The van der Waals surface area contributed by atoms with Gasteiger partial charge in [0.05, 0.1) is 5.54 Å². The molecule has 4 heteroatoms. The summed E-state index contributed by atoms with van der Waals surface area (Å²) >= 11 is 1.70. The largest absolute Gasteiger partial charge is 0.351 e. The van der Waals surface area contributed by atoms with E-state index < -0.39 is 0 Å². The van der Waals surface area contributed by atoms with E-state index in [0.29, 0.717) is 0 Å². The van der Waals surface area contributed by atoms with Gasteiger partial charge in [-0.3, -0.25) is 0 Å². The number of hydrogen-bond acceptors (Lipinski definition) is 3. The molecule has 0 aliphatic carbocycles. The maximum Gasteiger partial charge on any atom is 0.112 e. The number of nitrogens with zero attached hydrogens (tertiary/aromatic N) is 2. The molecule has 2 aromatic heterocycles. The first-order chi connectivity index (χ1) is 8.13. The van der Waals surface area contributed by atoms with Crippen molar-refractivity contribution in [3.05, 3.63) is 40.6 Å². The molecule has 2 heterocycles. The van der Waals surface area contributed by atoms with Gasteiger partial charge in [0, 0.05) is 36.6 Å². The first-order valence-electron chi connectivity index (χ1n) is 5.92. The van der Waals surface area contributed by atoms with Gasteiger partial charge in [0.25, 0.3) is 0 Å². The lowest BCUT2D eigenvalue weighted by Crippen LogP contribution is -2.36. The Morgan fingerprint density at radius 3 is 2.94 bits per heavy atom. The van der Waals surface area contributed by atoms with E-state index in [9.17, 15) is 0 Å². The molecule has 0 saturated carbocycles. The third-order valence-corrected chi connectivity index (χ3v) is 4.04. The molecule has 0 unspecified atom stereocenters. The van der Waals surface area contributed by atoms with Crippen LogP contribution in [0.5, 0.6) is 0 Å². The molecular weight excluding hydrogens is 230 g/mol. The lowest BCUT2D eigenvalue weighted by molar-refractivity contribution is 0.392. The van der Waals surface area contributed by atoms with Gasteiger partial charge in [-0.05, 0) is 32.9 Å². The molecule has 0 aliphatic heterocycles. The fourth-order valence-corrected chi connectivity index (χ4v) is 2.58. The summed E-state index contributed by atoms with van der Waals surface area (Å²) in [5, 5.41) is 6.72. The molecule has 0 radical (unpaired) electrons. The van der Waals surface area contributed by atoms with Crippen LogP contribution in [0, 0.1) is 0 Å². The van der Waals surface area contributed by atoms with Crippen LogP contribution in [0.4, 0.5) is 0 Å². The van der Waals surface area contributed by atoms with Crippen LogP contribution in [0.3, 0.4) is 0 Å². The van der Waals surface area contributed by atoms with Crippen LogP contribution >= 0.6 is 11.3 Å². The minimum Gasteiger partial charge on any atom is -0.351 e. The Morgan fingerprint density at radius 2 is 2.29 bits per heavy atom. The van der Waals surface area contributed by atoms with Crippen molar-refractivity contribution in [2.24, 2.45) is 0 Å². The molecule has 0 atom stereocenters. The van der Waals surface area contributed by atoms with Crippen molar-refractivity contribution < 1.29 is 0 Å². The first-order valence-corrected chi connectivity index (χ1v) is 6.80. The normalized spacial score (nSPS) is 11.9. The van der Waals surface area contributed by atoms with Crippen LogP contribution in [-0.4, -0.2) is 9.55 Å². The number of aryl methyl sites for hydroxylation is 1. The van der Waals surface area contributed by atoms with Crippen LogP contribution in [0.2, 0.25) is 0 Å². The zero-order valence-corrected chi connectivity index (χ0v) is 11.4. The summed E-state index contributed by atoms with van der Waals surface area (Å²) in [6.07, 6.45) is 3.98. The van der Waals surface area contributed by atoms with Gasteiger partial charge >= 0.3 is 0 Å². The van der Waals surface area contributed by atoms with Gasteiger partial charge in [-0.15, -0.1) is 11.3 Å². The predicted octanol–water partition coefficient (Wildman–Crippen LogP) is 2.99. The van der Waals surface area contributed by atoms with Gasteiger partial charge in [0.2, 0.25) is 0 Å². The minimum atomic E-state index is -0.0724. The van der Waals surface area contributed by atoms with Gasteiger partial charge in [0.1, 0.15) is 5.01 Å². The highest BCUT2D eigenvalue weighted by molar-refractivity contribution is 7.09. The fourth-order valence-electron chi connectivity index (χ4n) is 1.84. The Morgan fingerprint density at radius 1 is 1.47 bits per heavy atom. The van der Waals surface area contributed by atoms with E-state index in [1.165, 1.54) is 5.69 Å². The van der Waals surface area contributed by atoms with Crippen molar-refractivity contribution in [1.29, 1.82) is 0 Å². The van der Waals surface area contributed by atoms with E-state index in [4.69, 9.17) is 0 Å². The Hall–Kier alpha value is -1.13. The molecule has 0 bridgehead atoms. The minimum absolute atomic E-state index is 0.0724. The van der Waals surface area contributed by atoms with Crippen LogP contribution < -0.4 is 5.32 Å². The van der Waals surface area contributed by atoms with E-state index in [1.54, 1.807) is 11.3 Å². The zero-order chi connectivity index (χ0) is 12.3. The quantitative estimate of drug-likeness (QED) is 0.883. The van der Waals surface area contributed by atoms with Gasteiger partial charge in [-0.25, -0.2) is 4.98 Å². The van der Waals surface area contributed by atoms with E-state index in [0.717, 1.165) is 18.1 Å². The lowest BCUT2D eigenvalue weighted by atomic mass is 10.1. The standard InChI is InChI=1S/C13H19N3S/c1-4-16-8-5-6-11(16)10-15-13(2,3)12-14-7-9-17-12/h5-9,15H,4,10H2,1-3H3. The Bertz CT molecular complexity index is 457. The number of thiazole rings is 1. The van der Waals surface area contributed by atoms with Crippen molar-refractivity contribution >= 4 is 11.3 Å². The van der Waals surface area contributed by atoms with Crippen molar-refractivity contribution in [1.82, 2.24) is 14.9 Å². The van der Waals surface area contributed by atoms with E-state index in [2.05, 4.69) is 54.0 Å². The van der Waals surface area contributed by atoms with Crippen molar-refractivity contribution in [2.75, 3.05) is 0 Å². The first kappa shape index (κ1) is 12.3. The molecule has 0 aromatic carbocycles. The second-order valence-corrected chi connectivity index (χ2v) is 5.50. The average Bonchev–Trinajstić information content (AvgIpc) is 2.97. The highest BCUT2D eigenvalue weighted by atomic mass is 32.1. The monoisotopic (exact) mass is 249 g/mol.